The van der Waals surface area contributed by atoms with E-state index in [0.717, 1.165) is 37.6 Å². The number of rotatable bonds is 9. The molecule has 5 nitrogen and oxygen atoms in total. The van der Waals surface area contributed by atoms with Gasteiger partial charge < -0.3 is 9.08 Å². The highest BCUT2D eigenvalue weighted by molar-refractivity contribution is 7.86. The maximum atomic E-state index is 13.1. The third-order valence-corrected chi connectivity index (χ3v) is 5.47. The van der Waals surface area contributed by atoms with Crippen molar-refractivity contribution < 1.29 is 17.4 Å². The zero-order valence-electron chi connectivity index (χ0n) is 16.4. The molecule has 0 saturated heterocycles. The molecule has 3 rings (SSSR count). The van der Waals surface area contributed by atoms with Crippen LogP contribution < -0.4 is 4.18 Å². The van der Waals surface area contributed by atoms with Gasteiger partial charge in [-0.3, -0.25) is 4.79 Å². The number of unbranched alkanes of at least 4 members (excludes halogenated alkanes) is 1. The van der Waals surface area contributed by atoms with Crippen LogP contribution in [-0.4, -0.2) is 32.0 Å². The molecule has 6 heteroatoms. The van der Waals surface area contributed by atoms with Gasteiger partial charge >= 0.3 is 10.1 Å². The van der Waals surface area contributed by atoms with E-state index >= 15 is 0 Å². The molecule has 1 fully saturated rings. The summed E-state index contributed by atoms with van der Waals surface area (Å²) in [6, 6.07) is 17.1. The first-order valence-corrected chi connectivity index (χ1v) is 11.5. The topological polar surface area (TPSA) is 63.7 Å². The van der Waals surface area contributed by atoms with Gasteiger partial charge in [-0.15, -0.1) is 0 Å². The van der Waals surface area contributed by atoms with E-state index in [1.54, 1.807) is 12.1 Å². The number of carbonyl (C=O) groups excluding carboxylic acids is 1. The molecule has 1 saturated carbocycles. The monoisotopic (exact) mass is 401 g/mol. The molecule has 0 aliphatic heterocycles. The fraction of sp³-hybridized carbons (Fsp3) is 0.409. The summed E-state index contributed by atoms with van der Waals surface area (Å²) < 4.78 is 27.3. The summed E-state index contributed by atoms with van der Waals surface area (Å²) in [4.78, 5) is 15.0. The van der Waals surface area contributed by atoms with Gasteiger partial charge in [-0.2, -0.15) is 8.42 Å². The average Bonchev–Trinajstić information content (AvgIpc) is 3.46. The smallest absolute Gasteiger partial charge is 0.306 e. The van der Waals surface area contributed by atoms with Gasteiger partial charge in [-0.25, -0.2) is 0 Å². The van der Waals surface area contributed by atoms with Gasteiger partial charge in [0.25, 0.3) is 0 Å². The zero-order chi connectivity index (χ0) is 20.1. The van der Waals surface area contributed by atoms with Gasteiger partial charge in [0.05, 0.1) is 6.26 Å². The predicted octanol–water partition coefficient (Wildman–Crippen LogP) is 3.96. The van der Waals surface area contributed by atoms with Gasteiger partial charge in [-0.05, 0) is 42.0 Å². The second-order valence-electron chi connectivity index (χ2n) is 7.40. The highest BCUT2D eigenvalue weighted by atomic mass is 32.2. The first-order valence-electron chi connectivity index (χ1n) is 9.69. The molecule has 0 spiro atoms. The lowest BCUT2D eigenvalue weighted by molar-refractivity contribution is -0.133. The summed E-state index contributed by atoms with van der Waals surface area (Å²) in [5.74, 6) is 0.873. The lowest BCUT2D eigenvalue weighted by atomic mass is 10.1. The van der Waals surface area contributed by atoms with Crippen molar-refractivity contribution in [2.45, 2.75) is 38.6 Å². The Morgan fingerprint density at radius 3 is 2.39 bits per heavy atom. The van der Waals surface area contributed by atoms with Gasteiger partial charge in [0.15, 0.2) is 0 Å². The van der Waals surface area contributed by atoms with E-state index in [4.69, 9.17) is 4.18 Å². The first-order chi connectivity index (χ1) is 13.4. The molecule has 2 aromatic carbocycles. The van der Waals surface area contributed by atoms with Crippen LogP contribution in [0.2, 0.25) is 0 Å². The van der Waals surface area contributed by atoms with Crippen molar-refractivity contribution in [3.8, 4) is 5.75 Å². The Morgan fingerprint density at radius 1 is 1.11 bits per heavy atom. The Balaban J connectivity index is 1.66. The standard InChI is InChI=1S/C22H27NO4S/c1-3-4-14-23(16-17-10-12-19(13-11-17)27-28(2,25)26)22(24)21-15-20(21)18-8-6-5-7-9-18/h5-13,20-21H,3-4,14-16H2,1-2H3. The normalized spacial score (nSPS) is 18.5. The van der Waals surface area contributed by atoms with Crippen molar-refractivity contribution in [3.63, 3.8) is 0 Å². The van der Waals surface area contributed by atoms with Crippen LogP contribution in [0.25, 0.3) is 0 Å². The van der Waals surface area contributed by atoms with Crippen LogP contribution in [0.4, 0.5) is 0 Å². The SMILES string of the molecule is CCCCN(Cc1ccc(OS(C)(=O)=O)cc1)C(=O)C1CC1c1ccccc1. The summed E-state index contributed by atoms with van der Waals surface area (Å²) in [7, 11) is -3.54. The summed E-state index contributed by atoms with van der Waals surface area (Å²) in [5.41, 5.74) is 2.20. The third kappa shape index (κ3) is 5.58. The maximum absolute atomic E-state index is 13.1. The minimum absolute atomic E-state index is 0.0621. The van der Waals surface area contributed by atoms with Crippen LogP contribution in [0, 0.1) is 5.92 Å². The molecule has 28 heavy (non-hydrogen) atoms. The second kappa shape index (κ2) is 8.78. The van der Waals surface area contributed by atoms with Crippen molar-refractivity contribution >= 4 is 16.0 Å². The van der Waals surface area contributed by atoms with Crippen LogP contribution >= 0.6 is 0 Å². The lowest BCUT2D eigenvalue weighted by Crippen LogP contribution is -2.33. The van der Waals surface area contributed by atoms with Crippen molar-refractivity contribution in [2.75, 3.05) is 12.8 Å². The van der Waals surface area contributed by atoms with E-state index in [1.165, 1.54) is 5.56 Å². The summed E-state index contributed by atoms with van der Waals surface area (Å²) >= 11 is 0. The molecule has 1 amide bonds. The fourth-order valence-corrected chi connectivity index (χ4v) is 3.89. The average molecular weight is 402 g/mol. The van der Waals surface area contributed by atoms with E-state index in [2.05, 4.69) is 19.1 Å². The number of benzene rings is 2. The number of carbonyl (C=O) groups is 1. The van der Waals surface area contributed by atoms with Gasteiger partial charge in [0, 0.05) is 19.0 Å². The van der Waals surface area contributed by atoms with Gasteiger partial charge in [0.2, 0.25) is 5.91 Å². The third-order valence-electron chi connectivity index (χ3n) is 4.97. The number of hydrogen-bond donors (Lipinski definition) is 0. The Bertz CT molecular complexity index is 894. The van der Waals surface area contributed by atoms with Gasteiger partial charge in [-0.1, -0.05) is 55.8 Å². The molecule has 1 aliphatic carbocycles. The van der Waals surface area contributed by atoms with Gasteiger partial charge in [0.1, 0.15) is 5.75 Å². The molecular formula is C22H27NO4S. The second-order valence-corrected chi connectivity index (χ2v) is 8.98. The van der Waals surface area contributed by atoms with E-state index in [0.29, 0.717) is 12.5 Å². The molecule has 2 unspecified atom stereocenters. The van der Waals surface area contributed by atoms with E-state index in [-0.39, 0.29) is 17.6 Å². The molecule has 0 radical (unpaired) electrons. The highest BCUT2D eigenvalue weighted by Gasteiger charge is 2.45. The Labute approximate surface area is 167 Å². The summed E-state index contributed by atoms with van der Waals surface area (Å²) in [5, 5.41) is 0. The number of nitrogens with zero attached hydrogens (tertiary/aromatic N) is 1. The van der Waals surface area contributed by atoms with Crippen molar-refractivity contribution in [2.24, 2.45) is 5.92 Å². The van der Waals surface area contributed by atoms with Crippen molar-refractivity contribution in [3.05, 3.63) is 65.7 Å². The minimum Gasteiger partial charge on any atom is -0.383 e. The molecule has 2 aromatic rings. The lowest BCUT2D eigenvalue weighted by Gasteiger charge is -2.23. The Hall–Kier alpha value is -2.34. The highest BCUT2D eigenvalue weighted by Crippen LogP contribution is 2.48. The number of amides is 1. The first kappa shape index (κ1) is 20.4. The summed E-state index contributed by atoms with van der Waals surface area (Å²) in [6.45, 7) is 3.37. The maximum Gasteiger partial charge on any atom is 0.306 e. The van der Waals surface area contributed by atoms with Crippen LogP contribution in [0.15, 0.2) is 54.6 Å². The van der Waals surface area contributed by atoms with Crippen LogP contribution in [0.3, 0.4) is 0 Å². The van der Waals surface area contributed by atoms with Crippen LogP contribution in [0.5, 0.6) is 5.75 Å². The van der Waals surface area contributed by atoms with E-state index < -0.39 is 10.1 Å². The predicted molar refractivity (Wildman–Crippen MR) is 110 cm³/mol. The minimum atomic E-state index is -3.54. The molecule has 0 heterocycles. The van der Waals surface area contributed by atoms with Crippen molar-refractivity contribution in [1.82, 2.24) is 4.90 Å². The summed E-state index contributed by atoms with van der Waals surface area (Å²) in [6.07, 6.45) is 3.92. The molecule has 0 aromatic heterocycles. The fourth-order valence-electron chi connectivity index (χ4n) is 3.43. The largest absolute Gasteiger partial charge is 0.383 e. The molecule has 1 aliphatic rings. The van der Waals surface area contributed by atoms with Crippen LogP contribution in [0.1, 0.15) is 43.2 Å². The van der Waals surface area contributed by atoms with E-state index in [1.807, 2.05) is 35.2 Å². The number of hydrogen-bond acceptors (Lipinski definition) is 4. The molecular weight excluding hydrogens is 374 g/mol. The molecule has 0 N–H and O–H groups in total. The Kier molecular flexibility index (Phi) is 6.39. The zero-order valence-corrected chi connectivity index (χ0v) is 17.2. The van der Waals surface area contributed by atoms with E-state index in [9.17, 15) is 13.2 Å². The quantitative estimate of drug-likeness (QED) is 0.597. The molecule has 0 bridgehead atoms. The molecule has 150 valence electrons. The van der Waals surface area contributed by atoms with Crippen LogP contribution in [-0.2, 0) is 21.5 Å². The Morgan fingerprint density at radius 2 is 1.79 bits per heavy atom. The molecule has 2 atom stereocenters. The van der Waals surface area contributed by atoms with Crippen molar-refractivity contribution in [1.29, 1.82) is 0 Å².